The monoisotopic (exact) mass is 327 g/mol. The number of fused-ring (bicyclic) bond motifs is 1. The lowest BCUT2D eigenvalue weighted by atomic mass is 10.0. The van der Waals surface area contributed by atoms with Crippen molar-refractivity contribution in [1.82, 2.24) is 0 Å². The predicted molar refractivity (Wildman–Crippen MR) is 91.9 cm³/mol. The Hall–Kier alpha value is -2.69. The fourth-order valence-corrected chi connectivity index (χ4v) is 2.91. The summed E-state index contributed by atoms with van der Waals surface area (Å²) in [5, 5.41) is 9.71. The SMILES string of the molecule is CCCN1C(=O)C(Cc2cccc(OC)c2)Oc2cc(O)ccc21. The van der Waals surface area contributed by atoms with Crippen molar-refractivity contribution < 1.29 is 19.4 Å². The molecule has 0 bridgehead atoms. The van der Waals surface area contributed by atoms with Crippen LogP contribution < -0.4 is 14.4 Å². The van der Waals surface area contributed by atoms with Crippen LogP contribution in [0.15, 0.2) is 42.5 Å². The number of hydrogen-bond acceptors (Lipinski definition) is 4. The average molecular weight is 327 g/mol. The molecule has 0 fully saturated rings. The highest BCUT2D eigenvalue weighted by atomic mass is 16.5. The lowest BCUT2D eigenvalue weighted by Gasteiger charge is -2.34. The van der Waals surface area contributed by atoms with Gasteiger partial charge in [-0.05, 0) is 36.2 Å². The van der Waals surface area contributed by atoms with Gasteiger partial charge < -0.3 is 19.5 Å². The third-order valence-corrected chi connectivity index (χ3v) is 4.05. The van der Waals surface area contributed by atoms with Gasteiger partial charge in [0.05, 0.1) is 12.8 Å². The maximum Gasteiger partial charge on any atom is 0.268 e. The number of rotatable bonds is 5. The zero-order valence-corrected chi connectivity index (χ0v) is 13.9. The number of amides is 1. The fraction of sp³-hybridized carbons (Fsp3) is 0.316. The number of aromatic hydroxyl groups is 1. The van der Waals surface area contributed by atoms with Gasteiger partial charge in [-0.25, -0.2) is 0 Å². The number of carbonyl (C=O) groups is 1. The van der Waals surface area contributed by atoms with Crippen LogP contribution in [-0.4, -0.2) is 30.8 Å². The summed E-state index contributed by atoms with van der Waals surface area (Å²) in [4.78, 5) is 14.6. The van der Waals surface area contributed by atoms with E-state index in [0.717, 1.165) is 17.7 Å². The number of carbonyl (C=O) groups excluding carboxylic acids is 1. The van der Waals surface area contributed by atoms with E-state index < -0.39 is 6.10 Å². The lowest BCUT2D eigenvalue weighted by Crippen LogP contribution is -2.47. The molecular formula is C19H21NO4. The molecule has 1 heterocycles. The van der Waals surface area contributed by atoms with E-state index in [1.165, 1.54) is 0 Å². The first-order chi connectivity index (χ1) is 11.6. The zero-order valence-electron chi connectivity index (χ0n) is 13.9. The van der Waals surface area contributed by atoms with Crippen LogP contribution in [0.25, 0.3) is 0 Å². The van der Waals surface area contributed by atoms with Crippen LogP contribution in [0.3, 0.4) is 0 Å². The molecule has 0 spiro atoms. The normalized spacial score (nSPS) is 16.5. The quantitative estimate of drug-likeness (QED) is 0.916. The second kappa shape index (κ2) is 6.83. The van der Waals surface area contributed by atoms with Gasteiger partial charge in [0.1, 0.15) is 17.2 Å². The van der Waals surface area contributed by atoms with Crippen molar-refractivity contribution >= 4 is 11.6 Å². The molecule has 1 unspecified atom stereocenters. The Balaban J connectivity index is 1.90. The number of nitrogens with zero attached hydrogens (tertiary/aromatic N) is 1. The Morgan fingerprint density at radius 1 is 1.25 bits per heavy atom. The van der Waals surface area contributed by atoms with Crippen LogP contribution in [0.4, 0.5) is 5.69 Å². The van der Waals surface area contributed by atoms with Gasteiger partial charge in [0.2, 0.25) is 0 Å². The van der Waals surface area contributed by atoms with Gasteiger partial charge >= 0.3 is 0 Å². The van der Waals surface area contributed by atoms with E-state index in [1.54, 1.807) is 30.2 Å². The van der Waals surface area contributed by atoms with Gasteiger partial charge in [0.25, 0.3) is 5.91 Å². The van der Waals surface area contributed by atoms with E-state index in [-0.39, 0.29) is 11.7 Å². The summed E-state index contributed by atoms with van der Waals surface area (Å²) in [6.45, 7) is 2.65. The van der Waals surface area contributed by atoms with Crippen LogP contribution >= 0.6 is 0 Å². The molecule has 1 aliphatic rings. The number of ether oxygens (including phenoxy) is 2. The van der Waals surface area contributed by atoms with E-state index in [0.29, 0.717) is 24.4 Å². The smallest absolute Gasteiger partial charge is 0.268 e. The van der Waals surface area contributed by atoms with Crippen molar-refractivity contribution in [2.45, 2.75) is 25.9 Å². The second-order valence-corrected chi connectivity index (χ2v) is 5.80. The Kier molecular flexibility index (Phi) is 4.60. The van der Waals surface area contributed by atoms with Gasteiger partial charge in [-0.2, -0.15) is 0 Å². The highest BCUT2D eigenvalue weighted by molar-refractivity contribution is 6.00. The maximum atomic E-state index is 12.8. The van der Waals surface area contributed by atoms with Gasteiger partial charge in [-0.1, -0.05) is 19.1 Å². The summed E-state index contributed by atoms with van der Waals surface area (Å²) in [7, 11) is 1.61. The molecule has 0 saturated heterocycles. The molecule has 0 radical (unpaired) electrons. The minimum absolute atomic E-state index is 0.0575. The largest absolute Gasteiger partial charge is 0.508 e. The minimum Gasteiger partial charge on any atom is -0.508 e. The molecule has 1 aliphatic heterocycles. The Morgan fingerprint density at radius 2 is 2.08 bits per heavy atom. The lowest BCUT2D eigenvalue weighted by molar-refractivity contribution is -0.126. The van der Waals surface area contributed by atoms with Crippen molar-refractivity contribution in [3.63, 3.8) is 0 Å². The maximum absolute atomic E-state index is 12.8. The topological polar surface area (TPSA) is 59.0 Å². The molecule has 0 aliphatic carbocycles. The molecule has 0 saturated carbocycles. The molecule has 1 N–H and O–H groups in total. The number of phenolic OH excluding ortho intramolecular Hbond substituents is 1. The Morgan fingerprint density at radius 3 is 2.83 bits per heavy atom. The summed E-state index contributed by atoms with van der Waals surface area (Å²) in [5.41, 5.74) is 1.68. The van der Waals surface area contributed by atoms with Crippen LogP contribution in [-0.2, 0) is 11.2 Å². The van der Waals surface area contributed by atoms with E-state index in [1.807, 2.05) is 31.2 Å². The molecule has 2 aromatic rings. The van der Waals surface area contributed by atoms with E-state index in [2.05, 4.69) is 0 Å². The molecular weight excluding hydrogens is 306 g/mol. The average Bonchev–Trinajstić information content (AvgIpc) is 2.58. The standard InChI is InChI=1S/C19H21NO4/c1-3-9-20-16-8-7-14(21)12-17(16)24-18(19(20)22)11-13-5-4-6-15(10-13)23-2/h4-8,10,12,18,21H,3,9,11H2,1-2H3. The third-order valence-electron chi connectivity index (χ3n) is 4.05. The number of hydrogen-bond donors (Lipinski definition) is 1. The number of benzene rings is 2. The first-order valence-electron chi connectivity index (χ1n) is 8.06. The zero-order chi connectivity index (χ0) is 17.1. The van der Waals surface area contributed by atoms with Crippen molar-refractivity contribution in [2.75, 3.05) is 18.6 Å². The van der Waals surface area contributed by atoms with E-state index >= 15 is 0 Å². The first kappa shape index (κ1) is 16.2. The molecule has 3 rings (SSSR count). The number of methoxy groups -OCH3 is 1. The van der Waals surface area contributed by atoms with Crippen molar-refractivity contribution in [3.8, 4) is 17.2 Å². The number of phenols is 1. The molecule has 2 aromatic carbocycles. The van der Waals surface area contributed by atoms with E-state index in [4.69, 9.17) is 9.47 Å². The van der Waals surface area contributed by atoms with Crippen LogP contribution in [0.2, 0.25) is 0 Å². The summed E-state index contributed by atoms with van der Waals surface area (Å²) >= 11 is 0. The molecule has 24 heavy (non-hydrogen) atoms. The highest BCUT2D eigenvalue weighted by Crippen LogP contribution is 2.37. The minimum atomic E-state index is -0.613. The molecule has 126 valence electrons. The molecule has 5 heteroatoms. The molecule has 1 amide bonds. The van der Waals surface area contributed by atoms with Crippen molar-refractivity contribution in [3.05, 3.63) is 48.0 Å². The van der Waals surface area contributed by atoms with Crippen molar-refractivity contribution in [1.29, 1.82) is 0 Å². The van der Waals surface area contributed by atoms with Gasteiger partial charge in [-0.15, -0.1) is 0 Å². The summed E-state index contributed by atoms with van der Waals surface area (Å²) < 4.78 is 11.1. The summed E-state index contributed by atoms with van der Waals surface area (Å²) in [6.07, 6.45) is 0.682. The van der Waals surface area contributed by atoms with Crippen LogP contribution in [0, 0.1) is 0 Å². The first-order valence-corrected chi connectivity index (χ1v) is 8.06. The molecule has 5 nitrogen and oxygen atoms in total. The van der Waals surface area contributed by atoms with Crippen LogP contribution in [0.5, 0.6) is 17.2 Å². The van der Waals surface area contributed by atoms with E-state index in [9.17, 15) is 9.90 Å². The summed E-state index contributed by atoms with van der Waals surface area (Å²) in [5.74, 6) is 1.35. The third kappa shape index (κ3) is 3.15. The second-order valence-electron chi connectivity index (χ2n) is 5.80. The molecule has 0 aromatic heterocycles. The van der Waals surface area contributed by atoms with Gasteiger partial charge in [-0.3, -0.25) is 4.79 Å². The fourth-order valence-electron chi connectivity index (χ4n) is 2.91. The van der Waals surface area contributed by atoms with Crippen LogP contribution in [0.1, 0.15) is 18.9 Å². The highest BCUT2D eigenvalue weighted by Gasteiger charge is 2.34. The number of anilines is 1. The molecule has 1 atom stereocenters. The summed E-state index contributed by atoms with van der Waals surface area (Å²) in [6, 6.07) is 12.5. The Bertz CT molecular complexity index is 744. The van der Waals surface area contributed by atoms with Gasteiger partial charge in [0, 0.05) is 19.0 Å². The Labute approximate surface area is 141 Å². The van der Waals surface area contributed by atoms with Crippen molar-refractivity contribution in [2.24, 2.45) is 0 Å². The van der Waals surface area contributed by atoms with Gasteiger partial charge in [0.15, 0.2) is 6.10 Å². The predicted octanol–water partition coefficient (Wildman–Crippen LogP) is 3.15.